The monoisotopic (exact) mass is 724 g/mol. The molecule has 14 rings (SSSR count). The zero-order valence-corrected chi connectivity index (χ0v) is 30.5. The Kier molecular flexibility index (Phi) is 5.56. The molecule has 262 valence electrons. The number of anilines is 3. The van der Waals surface area contributed by atoms with E-state index in [2.05, 4.69) is 185 Å². The number of para-hydroxylation sites is 4. The summed E-state index contributed by atoms with van der Waals surface area (Å²) in [6, 6.07) is 64.0. The van der Waals surface area contributed by atoms with Crippen LogP contribution in [0.2, 0.25) is 0 Å². The molecule has 3 aromatic heterocycles. The smallest absolute Gasteiger partial charge is 0.333 e. The molecule has 0 bridgehead atoms. The van der Waals surface area contributed by atoms with E-state index in [1.54, 1.807) is 0 Å². The van der Waals surface area contributed by atoms with Gasteiger partial charge >= 0.3 is 6.85 Å². The molecule has 0 saturated carbocycles. The first-order chi connectivity index (χ1) is 28.3. The fourth-order valence-corrected chi connectivity index (χ4v) is 10.3. The topological polar surface area (TPSA) is 34.5 Å². The molecule has 0 radical (unpaired) electrons. The van der Waals surface area contributed by atoms with Crippen LogP contribution in [0.3, 0.4) is 0 Å². The molecule has 9 aromatic carbocycles. The second kappa shape index (κ2) is 10.6. The summed E-state index contributed by atoms with van der Waals surface area (Å²) in [4.78, 5) is 2.48. The Labute approximate surface area is 326 Å². The minimum absolute atomic E-state index is 0.130. The number of benzene rings is 9. The SMILES string of the molecule is c1ccc(-c2ccc3c(c2)N(c2cccc4c2oc2ccccc24)c2cc4c(oc5ccccc54)c4c2B3n2c3cc5ccccc5cc3c3cccc-4c32)cc1. The quantitative estimate of drug-likeness (QED) is 0.167. The Morgan fingerprint density at radius 2 is 1.11 bits per heavy atom. The van der Waals surface area contributed by atoms with Gasteiger partial charge in [-0.15, -0.1) is 0 Å². The second-order valence-electron chi connectivity index (χ2n) is 15.6. The van der Waals surface area contributed by atoms with E-state index in [1.807, 2.05) is 0 Å². The van der Waals surface area contributed by atoms with Crippen LogP contribution < -0.4 is 15.8 Å². The lowest BCUT2D eigenvalue weighted by molar-refractivity contribution is 0.669. The lowest BCUT2D eigenvalue weighted by Crippen LogP contribution is -2.56. The number of nitrogens with zero attached hydrogens (tertiary/aromatic N) is 2. The standard InChI is InChI=1S/C52H29BN2O2/c1-2-12-30(13-3-1)33-24-25-41-44(28-33)54(42-21-11-19-37-34-16-6-8-22-46(34)56-51(37)42)45-29-40-35-17-7-9-23-47(35)57-52(40)48-38-20-10-18-36-39-26-31-14-4-5-15-32(31)27-43(39)55(50(36)38)53(41)49(45)48/h1-29H. The molecule has 0 amide bonds. The number of aromatic nitrogens is 1. The van der Waals surface area contributed by atoms with Crippen LogP contribution >= 0.6 is 0 Å². The van der Waals surface area contributed by atoms with Gasteiger partial charge in [-0.2, -0.15) is 0 Å². The molecule has 57 heavy (non-hydrogen) atoms. The van der Waals surface area contributed by atoms with Gasteiger partial charge in [-0.1, -0.05) is 133 Å². The Morgan fingerprint density at radius 1 is 0.421 bits per heavy atom. The van der Waals surface area contributed by atoms with Crippen molar-refractivity contribution in [2.45, 2.75) is 0 Å². The van der Waals surface area contributed by atoms with E-state index >= 15 is 0 Å². The van der Waals surface area contributed by atoms with Crippen molar-refractivity contribution in [1.82, 2.24) is 4.48 Å². The number of furan rings is 2. The van der Waals surface area contributed by atoms with E-state index in [0.717, 1.165) is 66.5 Å². The van der Waals surface area contributed by atoms with Gasteiger partial charge in [0.25, 0.3) is 0 Å². The Bertz CT molecular complexity index is 3720. The number of hydrogen-bond acceptors (Lipinski definition) is 3. The van der Waals surface area contributed by atoms with Gasteiger partial charge in [0.05, 0.1) is 5.69 Å². The third kappa shape index (κ3) is 3.78. The van der Waals surface area contributed by atoms with Gasteiger partial charge in [-0.25, -0.2) is 0 Å². The lowest BCUT2D eigenvalue weighted by Gasteiger charge is -2.40. The van der Waals surface area contributed by atoms with Gasteiger partial charge in [-0.3, -0.25) is 0 Å². The van der Waals surface area contributed by atoms with Crippen LogP contribution in [0.4, 0.5) is 17.1 Å². The predicted octanol–water partition coefficient (Wildman–Crippen LogP) is 12.8. The van der Waals surface area contributed by atoms with E-state index in [-0.39, 0.29) is 6.85 Å². The van der Waals surface area contributed by atoms with Crippen molar-refractivity contribution in [2.75, 3.05) is 4.90 Å². The zero-order valence-electron chi connectivity index (χ0n) is 30.5. The minimum Gasteiger partial charge on any atom is -0.455 e. The average molecular weight is 725 g/mol. The number of fused-ring (bicyclic) bond motifs is 15. The third-order valence-electron chi connectivity index (χ3n) is 12.7. The van der Waals surface area contributed by atoms with Crippen LogP contribution in [0.15, 0.2) is 185 Å². The first-order valence-electron chi connectivity index (χ1n) is 19.6. The van der Waals surface area contributed by atoms with Crippen molar-refractivity contribution < 1.29 is 8.83 Å². The Morgan fingerprint density at radius 3 is 1.95 bits per heavy atom. The molecular weight excluding hydrogens is 695 g/mol. The minimum atomic E-state index is -0.130. The van der Waals surface area contributed by atoms with Crippen molar-refractivity contribution in [2.24, 2.45) is 0 Å². The van der Waals surface area contributed by atoms with Crippen molar-refractivity contribution >= 4 is 111 Å². The molecular formula is C52H29BN2O2. The molecule has 0 aliphatic carbocycles. The maximum atomic E-state index is 6.98. The highest BCUT2D eigenvalue weighted by molar-refractivity contribution is 6.90. The van der Waals surface area contributed by atoms with E-state index in [1.165, 1.54) is 60.2 Å². The van der Waals surface area contributed by atoms with Crippen LogP contribution in [-0.2, 0) is 0 Å². The molecule has 0 atom stereocenters. The van der Waals surface area contributed by atoms with E-state index in [4.69, 9.17) is 8.83 Å². The number of rotatable bonds is 2. The highest BCUT2D eigenvalue weighted by Gasteiger charge is 2.45. The van der Waals surface area contributed by atoms with Gasteiger partial charge in [0.1, 0.15) is 16.7 Å². The van der Waals surface area contributed by atoms with Crippen LogP contribution in [0.25, 0.3) is 98.7 Å². The summed E-state index contributed by atoms with van der Waals surface area (Å²) in [5, 5.41) is 9.43. The molecule has 5 heteroatoms. The molecule has 0 spiro atoms. The first kappa shape index (κ1) is 29.8. The van der Waals surface area contributed by atoms with E-state index in [0.29, 0.717) is 0 Å². The van der Waals surface area contributed by atoms with Crippen LogP contribution in [-0.4, -0.2) is 11.3 Å². The summed E-state index contributed by atoms with van der Waals surface area (Å²) in [5.41, 5.74) is 16.5. The Hall–Kier alpha value is -7.50. The van der Waals surface area contributed by atoms with Crippen molar-refractivity contribution in [3.8, 4) is 22.3 Å². The molecule has 5 heterocycles. The molecule has 0 unspecified atom stereocenters. The van der Waals surface area contributed by atoms with Gasteiger partial charge in [0, 0.05) is 65.9 Å². The molecule has 0 saturated heterocycles. The Balaban J connectivity index is 1.20. The summed E-state index contributed by atoms with van der Waals surface area (Å²) < 4.78 is 16.5. The van der Waals surface area contributed by atoms with E-state index < -0.39 is 0 Å². The van der Waals surface area contributed by atoms with Crippen molar-refractivity contribution in [3.63, 3.8) is 0 Å². The maximum Gasteiger partial charge on any atom is 0.333 e. The van der Waals surface area contributed by atoms with Crippen LogP contribution in [0, 0.1) is 0 Å². The fraction of sp³-hybridized carbons (Fsp3) is 0. The fourth-order valence-electron chi connectivity index (χ4n) is 10.3. The summed E-state index contributed by atoms with van der Waals surface area (Å²) in [5.74, 6) is 0. The third-order valence-corrected chi connectivity index (χ3v) is 12.7. The first-order valence-corrected chi connectivity index (χ1v) is 19.6. The molecule has 12 aromatic rings. The van der Waals surface area contributed by atoms with Gasteiger partial charge in [-0.05, 0) is 75.3 Å². The van der Waals surface area contributed by atoms with Crippen LogP contribution in [0.1, 0.15) is 0 Å². The highest BCUT2D eigenvalue weighted by atomic mass is 16.3. The van der Waals surface area contributed by atoms with Gasteiger partial charge in [0.2, 0.25) is 0 Å². The maximum absolute atomic E-state index is 6.98. The predicted molar refractivity (Wildman–Crippen MR) is 237 cm³/mol. The molecule has 4 nitrogen and oxygen atoms in total. The molecule has 2 aliphatic heterocycles. The lowest BCUT2D eigenvalue weighted by atomic mass is 9.45. The largest absolute Gasteiger partial charge is 0.455 e. The zero-order chi connectivity index (χ0) is 36.9. The van der Waals surface area contributed by atoms with Crippen molar-refractivity contribution in [1.29, 1.82) is 0 Å². The summed E-state index contributed by atoms with van der Waals surface area (Å²) in [6.07, 6.45) is 0. The highest BCUT2D eigenvalue weighted by Crippen LogP contribution is 2.51. The summed E-state index contributed by atoms with van der Waals surface area (Å²) in [7, 11) is 0. The van der Waals surface area contributed by atoms with Gasteiger partial charge in [0.15, 0.2) is 5.58 Å². The molecule has 2 aliphatic rings. The normalized spacial score (nSPS) is 13.2. The number of hydrogen-bond donors (Lipinski definition) is 0. The molecule has 0 N–H and O–H groups in total. The summed E-state index contributed by atoms with van der Waals surface area (Å²) in [6.45, 7) is -0.130. The molecule has 0 fully saturated rings. The van der Waals surface area contributed by atoms with Crippen LogP contribution in [0.5, 0.6) is 0 Å². The average Bonchev–Trinajstić information content (AvgIpc) is 3.94. The second-order valence-corrected chi connectivity index (χ2v) is 15.6. The van der Waals surface area contributed by atoms with Gasteiger partial charge < -0.3 is 18.2 Å². The summed E-state index contributed by atoms with van der Waals surface area (Å²) >= 11 is 0. The van der Waals surface area contributed by atoms with E-state index in [9.17, 15) is 0 Å². The van der Waals surface area contributed by atoms with Crippen molar-refractivity contribution in [3.05, 3.63) is 176 Å².